The van der Waals surface area contributed by atoms with Crippen LogP contribution in [-0.4, -0.2) is 17.4 Å². The summed E-state index contributed by atoms with van der Waals surface area (Å²) in [5.41, 5.74) is -1.17. The van der Waals surface area contributed by atoms with Crippen molar-refractivity contribution in [1.82, 2.24) is 0 Å². The number of ether oxygens (including phenoxy) is 1. The molecule has 0 fully saturated rings. The third kappa shape index (κ3) is 3.98. The van der Waals surface area contributed by atoms with Crippen molar-refractivity contribution in [3.05, 3.63) is 73.0 Å². The SMILES string of the molecule is CCOc1ccc(NC(=O)c2cc3cc(Br)ccc3oc2=O)c([N+](=O)[O-])c1. The molecule has 0 spiro atoms. The second-order valence-electron chi connectivity index (χ2n) is 5.45. The molecule has 0 saturated heterocycles. The third-order valence-electron chi connectivity index (χ3n) is 3.66. The van der Waals surface area contributed by atoms with Crippen molar-refractivity contribution >= 4 is 44.2 Å². The van der Waals surface area contributed by atoms with Crippen LogP contribution in [-0.2, 0) is 0 Å². The number of nitrogens with one attached hydrogen (secondary N) is 1. The summed E-state index contributed by atoms with van der Waals surface area (Å²) in [5.74, 6) is -0.504. The van der Waals surface area contributed by atoms with E-state index in [0.29, 0.717) is 23.3 Å². The van der Waals surface area contributed by atoms with Crippen molar-refractivity contribution in [1.29, 1.82) is 0 Å². The van der Waals surface area contributed by atoms with Gasteiger partial charge in [0.05, 0.1) is 17.6 Å². The van der Waals surface area contributed by atoms with Crippen molar-refractivity contribution in [3.8, 4) is 5.75 Å². The molecule has 3 aromatic rings. The summed E-state index contributed by atoms with van der Waals surface area (Å²) in [6.45, 7) is 2.09. The van der Waals surface area contributed by atoms with Crippen molar-refractivity contribution in [2.45, 2.75) is 6.92 Å². The second-order valence-corrected chi connectivity index (χ2v) is 6.37. The van der Waals surface area contributed by atoms with Gasteiger partial charge >= 0.3 is 5.63 Å². The molecule has 0 unspecified atom stereocenters. The minimum atomic E-state index is -0.837. The molecule has 0 atom stereocenters. The van der Waals surface area contributed by atoms with E-state index in [9.17, 15) is 19.7 Å². The van der Waals surface area contributed by atoms with Crippen molar-refractivity contribution in [3.63, 3.8) is 0 Å². The molecule has 2 aromatic carbocycles. The van der Waals surface area contributed by atoms with Gasteiger partial charge in [-0.15, -0.1) is 0 Å². The van der Waals surface area contributed by atoms with Gasteiger partial charge in [0, 0.05) is 9.86 Å². The Morgan fingerprint density at radius 1 is 1.26 bits per heavy atom. The highest BCUT2D eigenvalue weighted by Crippen LogP contribution is 2.29. The monoisotopic (exact) mass is 432 g/mol. The average molecular weight is 433 g/mol. The number of amides is 1. The smallest absolute Gasteiger partial charge is 0.349 e. The maximum Gasteiger partial charge on any atom is 0.349 e. The van der Waals surface area contributed by atoms with Gasteiger partial charge in [-0.05, 0) is 43.3 Å². The van der Waals surface area contributed by atoms with Crippen LogP contribution in [0.4, 0.5) is 11.4 Å². The number of hydrogen-bond donors (Lipinski definition) is 1. The van der Waals surface area contributed by atoms with Gasteiger partial charge in [-0.25, -0.2) is 4.79 Å². The van der Waals surface area contributed by atoms with E-state index in [1.165, 1.54) is 24.3 Å². The molecule has 1 N–H and O–H groups in total. The van der Waals surface area contributed by atoms with Crippen LogP contribution in [0.15, 0.2) is 56.1 Å². The lowest BCUT2D eigenvalue weighted by molar-refractivity contribution is -0.384. The first-order chi connectivity index (χ1) is 12.9. The first-order valence-corrected chi connectivity index (χ1v) is 8.64. The summed E-state index contributed by atoms with van der Waals surface area (Å²) in [6, 6.07) is 10.4. The number of nitro groups is 1. The molecule has 9 heteroatoms. The number of benzene rings is 2. The number of halogens is 1. The highest BCUT2D eigenvalue weighted by atomic mass is 79.9. The normalized spacial score (nSPS) is 10.6. The number of fused-ring (bicyclic) bond motifs is 1. The quantitative estimate of drug-likeness (QED) is 0.368. The van der Waals surface area contributed by atoms with Gasteiger partial charge in [0.2, 0.25) is 0 Å². The molecule has 0 radical (unpaired) electrons. The maximum absolute atomic E-state index is 12.5. The van der Waals surface area contributed by atoms with Gasteiger partial charge in [0.1, 0.15) is 22.6 Å². The second kappa shape index (κ2) is 7.58. The molecule has 1 heterocycles. The van der Waals surface area contributed by atoms with E-state index in [1.54, 1.807) is 25.1 Å². The minimum absolute atomic E-state index is 0.0535. The summed E-state index contributed by atoms with van der Waals surface area (Å²) in [7, 11) is 0. The van der Waals surface area contributed by atoms with E-state index in [2.05, 4.69) is 21.2 Å². The zero-order chi connectivity index (χ0) is 19.6. The molecule has 0 aliphatic heterocycles. The lowest BCUT2D eigenvalue weighted by Gasteiger charge is -2.08. The van der Waals surface area contributed by atoms with Crippen LogP contribution in [0.1, 0.15) is 17.3 Å². The van der Waals surface area contributed by atoms with E-state index >= 15 is 0 Å². The first-order valence-electron chi connectivity index (χ1n) is 7.85. The predicted molar refractivity (Wildman–Crippen MR) is 102 cm³/mol. The summed E-state index contributed by atoms with van der Waals surface area (Å²) in [6.07, 6.45) is 0. The Hall–Kier alpha value is -3.20. The summed E-state index contributed by atoms with van der Waals surface area (Å²) >= 11 is 3.30. The lowest BCUT2D eigenvalue weighted by atomic mass is 10.1. The standard InChI is InChI=1S/C18H13BrN2O6/c1-2-26-12-4-5-14(15(9-12)21(24)25)20-17(22)13-8-10-7-11(19)3-6-16(10)27-18(13)23/h3-9H,2H2,1H3,(H,20,22). The van der Waals surface area contributed by atoms with E-state index in [1.807, 2.05) is 0 Å². The van der Waals surface area contributed by atoms with E-state index in [-0.39, 0.29) is 16.9 Å². The number of nitrogens with zero attached hydrogens (tertiary/aromatic N) is 1. The fourth-order valence-corrected chi connectivity index (χ4v) is 2.85. The van der Waals surface area contributed by atoms with Crippen LogP contribution in [0.2, 0.25) is 0 Å². The molecule has 27 heavy (non-hydrogen) atoms. The van der Waals surface area contributed by atoms with E-state index in [4.69, 9.17) is 9.15 Å². The summed E-state index contributed by atoms with van der Waals surface area (Å²) in [5, 5.41) is 14.2. The molecule has 3 rings (SSSR count). The molecular weight excluding hydrogens is 420 g/mol. The van der Waals surface area contributed by atoms with Gasteiger partial charge in [0.15, 0.2) is 0 Å². The van der Waals surface area contributed by atoms with Gasteiger partial charge < -0.3 is 14.5 Å². The van der Waals surface area contributed by atoms with Crippen LogP contribution in [0.25, 0.3) is 11.0 Å². The Morgan fingerprint density at radius 2 is 2.04 bits per heavy atom. The summed E-state index contributed by atoms with van der Waals surface area (Å²) in [4.78, 5) is 35.3. The molecule has 0 aliphatic carbocycles. The Labute approximate surface area is 161 Å². The van der Waals surface area contributed by atoms with E-state index in [0.717, 1.165) is 4.47 Å². The predicted octanol–water partition coefficient (Wildman–Crippen LogP) is 4.11. The first kappa shape index (κ1) is 18.6. The maximum atomic E-state index is 12.5. The highest BCUT2D eigenvalue weighted by molar-refractivity contribution is 9.10. The van der Waals surface area contributed by atoms with Gasteiger partial charge in [-0.1, -0.05) is 15.9 Å². The van der Waals surface area contributed by atoms with Crippen LogP contribution in [0, 0.1) is 10.1 Å². The molecule has 0 aliphatic rings. The number of rotatable bonds is 5. The minimum Gasteiger partial charge on any atom is -0.494 e. The Kier molecular flexibility index (Phi) is 5.22. The third-order valence-corrected chi connectivity index (χ3v) is 4.16. The fourth-order valence-electron chi connectivity index (χ4n) is 2.47. The van der Waals surface area contributed by atoms with Gasteiger partial charge in [-0.3, -0.25) is 14.9 Å². The largest absolute Gasteiger partial charge is 0.494 e. The van der Waals surface area contributed by atoms with Crippen LogP contribution in [0.5, 0.6) is 5.75 Å². The number of anilines is 1. The topological polar surface area (TPSA) is 112 Å². The summed E-state index contributed by atoms with van der Waals surface area (Å²) < 4.78 is 11.1. The molecule has 1 aromatic heterocycles. The van der Waals surface area contributed by atoms with Crippen molar-refractivity contribution in [2.24, 2.45) is 0 Å². The Morgan fingerprint density at radius 3 is 2.74 bits per heavy atom. The van der Waals surface area contributed by atoms with E-state index < -0.39 is 16.5 Å². The highest BCUT2D eigenvalue weighted by Gasteiger charge is 2.20. The van der Waals surface area contributed by atoms with Crippen LogP contribution in [0.3, 0.4) is 0 Å². The zero-order valence-electron chi connectivity index (χ0n) is 14.0. The lowest BCUT2D eigenvalue weighted by Crippen LogP contribution is -2.21. The van der Waals surface area contributed by atoms with Gasteiger partial charge in [-0.2, -0.15) is 0 Å². The van der Waals surface area contributed by atoms with Crippen molar-refractivity contribution < 1.29 is 18.9 Å². The molecular formula is C18H13BrN2O6. The average Bonchev–Trinajstić information content (AvgIpc) is 2.62. The molecule has 0 bridgehead atoms. The fraction of sp³-hybridized carbons (Fsp3) is 0.111. The Bertz CT molecular complexity index is 1110. The molecule has 138 valence electrons. The molecule has 1 amide bonds. The number of hydrogen-bond acceptors (Lipinski definition) is 6. The van der Waals surface area contributed by atoms with Crippen LogP contribution < -0.4 is 15.7 Å². The number of nitro benzene ring substituents is 1. The van der Waals surface area contributed by atoms with Crippen LogP contribution >= 0.6 is 15.9 Å². The van der Waals surface area contributed by atoms with Gasteiger partial charge in [0.25, 0.3) is 11.6 Å². The van der Waals surface area contributed by atoms with Crippen molar-refractivity contribution in [2.75, 3.05) is 11.9 Å². The molecule has 8 nitrogen and oxygen atoms in total. The number of carbonyl (C=O) groups is 1. The Balaban J connectivity index is 1.98. The number of carbonyl (C=O) groups excluding carboxylic acids is 1. The zero-order valence-corrected chi connectivity index (χ0v) is 15.6. The molecule has 0 saturated carbocycles.